The predicted molar refractivity (Wildman–Crippen MR) is 84.4 cm³/mol. The summed E-state index contributed by atoms with van der Waals surface area (Å²) in [7, 11) is 2.10. The number of rotatable bonds is 9. The minimum atomic E-state index is -0.586. The summed E-state index contributed by atoms with van der Waals surface area (Å²) in [4.78, 5) is 17.1. The van der Waals surface area contributed by atoms with Crippen LogP contribution in [-0.2, 0) is 9.53 Å². The third kappa shape index (κ3) is 5.24. The van der Waals surface area contributed by atoms with Crippen LogP contribution in [0.2, 0.25) is 0 Å². The third-order valence-corrected chi connectivity index (χ3v) is 4.41. The Morgan fingerprint density at radius 3 is 2.62 bits per heavy atom. The fraction of sp³-hybridized carbons (Fsp3) is 0.938. The van der Waals surface area contributed by atoms with Crippen LogP contribution in [0.15, 0.2) is 0 Å². The van der Waals surface area contributed by atoms with Crippen molar-refractivity contribution >= 4 is 5.97 Å². The Bertz CT molecular complexity index is 340. The second-order valence-electron chi connectivity index (χ2n) is 6.76. The molecule has 0 spiro atoms. The average molecular weight is 297 g/mol. The van der Waals surface area contributed by atoms with Crippen molar-refractivity contribution in [1.29, 1.82) is 0 Å². The fourth-order valence-electron chi connectivity index (χ4n) is 3.07. The van der Waals surface area contributed by atoms with Gasteiger partial charge in [-0.1, -0.05) is 0 Å². The number of esters is 1. The molecule has 1 N–H and O–H groups in total. The largest absolute Gasteiger partial charge is 0.465 e. The Balaban J connectivity index is 1.82. The molecule has 5 heteroatoms. The Labute approximate surface area is 129 Å². The van der Waals surface area contributed by atoms with Crippen molar-refractivity contribution < 1.29 is 9.53 Å². The highest BCUT2D eigenvalue weighted by Gasteiger charge is 2.40. The van der Waals surface area contributed by atoms with Crippen LogP contribution in [0.1, 0.15) is 39.5 Å². The highest BCUT2D eigenvalue weighted by molar-refractivity contribution is 5.80. The molecule has 21 heavy (non-hydrogen) atoms. The number of ether oxygens (including phenoxy) is 1. The minimum absolute atomic E-state index is 0.120. The molecule has 0 aromatic rings. The number of nitrogens with zero attached hydrogens (tertiary/aromatic N) is 2. The molecular weight excluding hydrogens is 266 g/mol. The van der Waals surface area contributed by atoms with Crippen molar-refractivity contribution in [3.05, 3.63) is 0 Å². The molecular formula is C16H31N3O2. The van der Waals surface area contributed by atoms with E-state index in [1.165, 1.54) is 38.8 Å². The number of likely N-dealkylation sites (tertiary alicyclic amines) is 1. The molecule has 0 bridgehead atoms. The summed E-state index contributed by atoms with van der Waals surface area (Å²) in [5.41, 5.74) is -0.586. The predicted octanol–water partition coefficient (Wildman–Crippen LogP) is 1.09. The van der Waals surface area contributed by atoms with Crippen molar-refractivity contribution in [2.75, 3.05) is 46.4 Å². The van der Waals surface area contributed by atoms with Crippen molar-refractivity contribution in [3.63, 3.8) is 0 Å². The van der Waals surface area contributed by atoms with E-state index in [2.05, 4.69) is 22.2 Å². The highest BCUT2D eigenvalue weighted by Crippen LogP contribution is 2.23. The van der Waals surface area contributed by atoms with Crippen LogP contribution < -0.4 is 5.32 Å². The first-order valence-electron chi connectivity index (χ1n) is 8.39. The Morgan fingerprint density at radius 1 is 1.38 bits per heavy atom. The molecule has 1 aliphatic carbocycles. The van der Waals surface area contributed by atoms with E-state index in [1.807, 2.05) is 13.8 Å². The smallest absolute Gasteiger partial charge is 0.327 e. The lowest BCUT2D eigenvalue weighted by atomic mass is 10.0. The molecule has 1 aliphatic heterocycles. The minimum Gasteiger partial charge on any atom is -0.465 e. The van der Waals surface area contributed by atoms with Crippen LogP contribution in [0, 0.1) is 0 Å². The van der Waals surface area contributed by atoms with Crippen LogP contribution in [0.25, 0.3) is 0 Å². The third-order valence-electron chi connectivity index (χ3n) is 4.41. The summed E-state index contributed by atoms with van der Waals surface area (Å²) in [6.07, 6.45) is 5.00. The van der Waals surface area contributed by atoms with Crippen molar-refractivity contribution in [2.45, 2.75) is 51.1 Å². The summed E-state index contributed by atoms with van der Waals surface area (Å²) in [5.74, 6) is -0.120. The maximum absolute atomic E-state index is 12.3. The van der Waals surface area contributed by atoms with Gasteiger partial charge in [0, 0.05) is 25.7 Å². The molecule has 2 aliphatic rings. The monoisotopic (exact) mass is 297 g/mol. The van der Waals surface area contributed by atoms with Gasteiger partial charge in [0.2, 0.25) is 0 Å². The topological polar surface area (TPSA) is 44.8 Å². The molecule has 122 valence electrons. The van der Waals surface area contributed by atoms with Crippen LogP contribution in [0.5, 0.6) is 0 Å². The molecule has 0 radical (unpaired) electrons. The van der Waals surface area contributed by atoms with E-state index in [0.717, 1.165) is 13.1 Å². The lowest BCUT2D eigenvalue weighted by Crippen LogP contribution is -2.58. The van der Waals surface area contributed by atoms with Crippen molar-refractivity contribution in [3.8, 4) is 0 Å². The molecule has 1 unspecified atom stereocenters. The van der Waals surface area contributed by atoms with Gasteiger partial charge < -0.3 is 14.5 Å². The maximum atomic E-state index is 12.3. The molecule has 0 aromatic heterocycles. The summed E-state index contributed by atoms with van der Waals surface area (Å²) in [5, 5.41) is 3.48. The van der Waals surface area contributed by atoms with Gasteiger partial charge >= 0.3 is 5.97 Å². The Morgan fingerprint density at radius 2 is 2.05 bits per heavy atom. The van der Waals surface area contributed by atoms with E-state index in [9.17, 15) is 4.79 Å². The molecule has 5 nitrogen and oxygen atoms in total. The van der Waals surface area contributed by atoms with Gasteiger partial charge in [-0.2, -0.15) is 0 Å². The molecule has 1 atom stereocenters. The van der Waals surface area contributed by atoms with Crippen molar-refractivity contribution in [2.24, 2.45) is 0 Å². The van der Waals surface area contributed by atoms with Crippen molar-refractivity contribution in [1.82, 2.24) is 15.1 Å². The lowest BCUT2D eigenvalue weighted by molar-refractivity contribution is -0.151. The second kappa shape index (κ2) is 7.56. The van der Waals surface area contributed by atoms with Gasteiger partial charge in [-0.15, -0.1) is 0 Å². The normalized spacial score (nSPS) is 22.5. The zero-order valence-corrected chi connectivity index (χ0v) is 13.9. The molecule has 1 heterocycles. The fourth-order valence-corrected chi connectivity index (χ4v) is 3.07. The van der Waals surface area contributed by atoms with E-state index in [-0.39, 0.29) is 5.97 Å². The van der Waals surface area contributed by atoms with Gasteiger partial charge in [-0.25, -0.2) is 0 Å². The van der Waals surface area contributed by atoms with Crippen LogP contribution in [-0.4, -0.2) is 73.7 Å². The molecule has 1 saturated carbocycles. The first-order valence-corrected chi connectivity index (χ1v) is 8.39. The van der Waals surface area contributed by atoms with Crippen LogP contribution >= 0.6 is 0 Å². The van der Waals surface area contributed by atoms with Gasteiger partial charge in [0.25, 0.3) is 0 Å². The van der Waals surface area contributed by atoms with Gasteiger partial charge in [0.1, 0.15) is 5.54 Å². The lowest BCUT2D eigenvalue weighted by Gasteiger charge is -2.33. The summed E-state index contributed by atoms with van der Waals surface area (Å²) in [6.45, 7) is 9.55. The average Bonchev–Trinajstić information content (AvgIpc) is 3.07. The van der Waals surface area contributed by atoms with E-state index in [4.69, 9.17) is 4.74 Å². The zero-order chi connectivity index (χ0) is 15.3. The molecule has 2 fully saturated rings. The molecule has 2 rings (SSSR count). The number of carbonyl (C=O) groups excluding carboxylic acids is 1. The standard InChI is InChI=1S/C16H31N3O2/c1-4-21-15(20)16(2,17-14-7-8-14)13-18(3)11-12-19-9-5-6-10-19/h14,17H,4-13H2,1-3H3. The summed E-state index contributed by atoms with van der Waals surface area (Å²) in [6, 6.07) is 0.492. The van der Waals surface area contributed by atoms with E-state index >= 15 is 0 Å². The first-order chi connectivity index (χ1) is 10.0. The van der Waals surface area contributed by atoms with Gasteiger partial charge in [0.15, 0.2) is 0 Å². The Hall–Kier alpha value is -0.650. The van der Waals surface area contributed by atoms with Crippen LogP contribution in [0.3, 0.4) is 0 Å². The number of hydrogen-bond donors (Lipinski definition) is 1. The number of likely N-dealkylation sites (N-methyl/N-ethyl adjacent to an activating group) is 1. The number of nitrogens with one attached hydrogen (secondary N) is 1. The highest BCUT2D eigenvalue weighted by atomic mass is 16.5. The van der Waals surface area contributed by atoms with Gasteiger partial charge in [0.05, 0.1) is 6.61 Å². The SMILES string of the molecule is CCOC(=O)C(C)(CN(C)CCN1CCCC1)NC1CC1. The second-order valence-corrected chi connectivity index (χ2v) is 6.76. The zero-order valence-electron chi connectivity index (χ0n) is 13.9. The van der Waals surface area contributed by atoms with E-state index in [1.54, 1.807) is 0 Å². The quantitative estimate of drug-likeness (QED) is 0.646. The molecule has 0 amide bonds. The summed E-state index contributed by atoms with van der Waals surface area (Å²) >= 11 is 0. The van der Waals surface area contributed by atoms with E-state index in [0.29, 0.717) is 19.2 Å². The van der Waals surface area contributed by atoms with Crippen LogP contribution in [0.4, 0.5) is 0 Å². The van der Waals surface area contributed by atoms with Gasteiger partial charge in [-0.3, -0.25) is 10.1 Å². The first kappa shape index (κ1) is 16.7. The van der Waals surface area contributed by atoms with E-state index < -0.39 is 5.54 Å². The van der Waals surface area contributed by atoms with Gasteiger partial charge in [-0.05, 0) is 59.7 Å². The summed E-state index contributed by atoms with van der Waals surface area (Å²) < 4.78 is 5.28. The Kier molecular flexibility index (Phi) is 6.02. The molecule has 0 aromatic carbocycles. The maximum Gasteiger partial charge on any atom is 0.327 e. The number of hydrogen-bond acceptors (Lipinski definition) is 5. The number of carbonyl (C=O) groups is 1. The molecule has 1 saturated heterocycles.